The first-order chi connectivity index (χ1) is 11.3. The van der Waals surface area contributed by atoms with Crippen molar-refractivity contribution < 1.29 is 14.3 Å². The van der Waals surface area contributed by atoms with E-state index in [1.165, 1.54) is 4.90 Å². The van der Waals surface area contributed by atoms with Gasteiger partial charge in [0.2, 0.25) is 5.91 Å². The molecule has 1 aliphatic heterocycles. The maximum atomic E-state index is 12.3. The number of carbonyl (C=O) groups excluding carboxylic acids is 2. The molecule has 6 nitrogen and oxygen atoms in total. The number of hydrogen-bond acceptors (Lipinski definition) is 4. The lowest BCUT2D eigenvalue weighted by molar-refractivity contribution is -0.130. The summed E-state index contributed by atoms with van der Waals surface area (Å²) in [7, 11) is 7.13. The number of likely N-dealkylation sites (N-methyl/N-ethyl adjacent to an activating group) is 2. The van der Waals surface area contributed by atoms with Gasteiger partial charge in [-0.3, -0.25) is 9.59 Å². The predicted octanol–water partition coefficient (Wildman–Crippen LogP) is 1.62. The molecule has 130 valence electrons. The molecule has 0 saturated heterocycles. The topological polar surface area (TPSA) is 53.1 Å². The quantitative estimate of drug-likeness (QED) is 0.770. The molecule has 1 heterocycles. The molecule has 2 rings (SSSR count). The van der Waals surface area contributed by atoms with Gasteiger partial charge in [-0.15, -0.1) is 6.58 Å². The summed E-state index contributed by atoms with van der Waals surface area (Å²) in [4.78, 5) is 29.6. The Labute approximate surface area is 143 Å². The maximum Gasteiger partial charge on any atom is 0.253 e. The SMILES string of the molecule is C=CCN(C)C(=O)CC1COc2ccc(C(=O)N(C)C)cc2N1C. The van der Waals surface area contributed by atoms with Gasteiger partial charge in [0.25, 0.3) is 5.91 Å². The molecule has 1 aromatic rings. The molecular formula is C18H25N3O3. The van der Waals surface area contributed by atoms with Crippen molar-refractivity contribution in [3.63, 3.8) is 0 Å². The van der Waals surface area contributed by atoms with Crippen molar-refractivity contribution in [1.29, 1.82) is 0 Å². The van der Waals surface area contributed by atoms with Gasteiger partial charge in [0.15, 0.2) is 0 Å². The van der Waals surface area contributed by atoms with Gasteiger partial charge in [-0.2, -0.15) is 0 Å². The van der Waals surface area contributed by atoms with E-state index in [1.807, 2.05) is 24.1 Å². The minimum absolute atomic E-state index is 0.0410. The zero-order valence-electron chi connectivity index (χ0n) is 14.8. The number of nitrogens with zero attached hydrogens (tertiary/aromatic N) is 3. The molecule has 0 N–H and O–H groups in total. The van der Waals surface area contributed by atoms with Gasteiger partial charge in [-0.05, 0) is 18.2 Å². The van der Waals surface area contributed by atoms with E-state index in [-0.39, 0.29) is 17.9 Å². The molecule has 1 unspecified atom stereocenters. The highest BCUT2D eigenvalue weighted by molar-refractivity contribution is 5.95. The molecule has 0 fully saturated rings. The molecule has 0 aliphatic carbocycles. The van der Waals surface area contributed by atoms with E-state index in [4.69, 9.17) is 4.74 Å². The number of anilines is 1. The van der Waals surface area contributed by atoms with E-state index < -0.39 is 0 Å². The average Bonchev–Trinajstić information content (AvgIpc) is 2.56. The van der Waals surface area contributed by atoms with Crippen LogP contribution in [0.3, 0.4) is 0 Å². The van der Waals surface area contributed by atoms with Gasteiger partial charge in [0.05, 0.1) is 18.2 Å². The Balaban J connectivity index is 2.17. The van der Waals surface area contributed by atoms with E-state index in [1.54, 1.807) is 38.2 Å². The molecule has 2 amide bonds. The summed E-state index contributed by atoms with van der Waals surface area (Å²) in [5.74, 6) is 0.713. The first-order valence-corrected chi connectivity index (χ1v) is 7.91. The average molecular weight is 331 g/mol. The van der Waals surface area contributed by atoms with Crippen LogP contribution in [0.15, 0.2) is 30.9 Å². The Morgan fingerprint density at radius 1 is 1.38 bits per heavy atom. The first-order valence-electron chi connectivity index (χ1n) is 7.91. The third kappa shape index (κ3) is 3.69. The van der Waals surface area contributed by atoms with E-state index in [0.29, 0.717) is 25.1 Å². The van der Waals surface area contributed by atoms with Crippen LogP contribution in [0.1, 0.15) is 16.8 Å². The predicted molar refractivity (Wildman–Crippen MR) is 94.6 cm³/mol. The van der Waals surface area contributed by atoms with Crippen LogP contribution in [0.5, 0.6) is 5.75 Å². The molecule has 24 heavy (non-hydrogen) atoms. The number of amides is 2. The van der Waals surface area contributed by atoms with Gasteiger partial charge in [0, 0.05) is 40.3 Å². The number of carbonyl (C=O) groups is 2. The number of rotatable bonds is 5. The molecule has 0 radical (unpaired) electrons. The van der Waals surface area contributed by atoms with Crippen LogP contribution in [-0.4, -0.2) is 69.0 Å². The lowest BCUT2D eigenvalue weighted by atomic mass is 10.1. The summed E-state index contributed by atoms with van der Waals surface area (Å²) in [5.41, 5.74) is 1.43. The summed E-state index contributed by atoms with van der Waals surface area (Å²) in [6.07, 6.45) is 2.06. The molecule has 0 spiro atoms. The van der Waals surface area contributed by atoms with Gasteiger partial charge in [-0.1, -0.05) is 6.08 Å². The fraction of sp³-hybridized carbons (Fsp3) is 0.444. The standard InChI is InChI=1S/C18H25N3O3/c1-6-9-20(4)17(22)11-14-12-24-16-8-7-13(18(23)19(2)3)10-15(16)21(14)5/h6-8,10,14H,1,9,11-12H2,2-5H3. The summed E-state index contributed by atoms with van der Waals surface area (Å²) in [5, 5.41) is 0. The lowest BCUT2D eigenvalue weighted by Crippen LogP contribution is -2.44. The van der Waals surface area contributed by atoms with E-state index >= 15 is 0 Å². The first kappa shape index (κ1) is 17.8. The fourth-order valence-electron chi connectivity index (χ4n) is 2.65. The highest BCUT2D eigenvalue weighted by Gasteiger charge is 2.28. The lowest BCUT2D eigenvalue weighted by Gasteiger charge is -2.36. The second-order valence-corrected chi connectivity index (χ2v) is 6.22. The number of fused-ring (bicyclic) bond motifs is 1. The largest absolute Gasteiger partial charge is 0.489 e. The second kappa shape index (κ2) is 7.38. The summed E-state index contributed by atoms with van der Waals surface area (Å²) in [6, 6.07) is 5.33. The zero-order valence-corrected chi connectivity index (χ0v) is 14.8. The highest BCUT2D eigenvalue weighted by atomic mass is 16.5. The highest BCUT2D eigenvalue weighted by Crippen LogP contribution is 2.34. The van der Waals surface area contributed by atoms with E-state index in [0.717, 1.165) is 11.4 Å². The molecule has 0 aromatic heterocycles. The van der Waals surface area contributed by atoms with Crippen molar-refractivity contribution in [3.8, 4) is 5.75 Å². The Kier molecular flexibility index (Phi) is 5.49. The third-order valence-corrected chi connectivity index (χ3v) is 4.21. The molecule has 6 heteroatoms. The Morgan fingerprint density at radius 3 is 2.71 bits per heavy atom. The van der Waals surface area contributed by atoms with E-state index in [9.17, 15) is 9.59 Å². The van der Waals surface area contributed by atoms with Gasteiger partial charge in [-0.25, -0.2) is 0 Å². The molecule has 1 atom stereocenters. The van der Waals surface area contributed by atoms with Gasteiger partial charge >= 0.3 is 0 Å². The normalized spacial score (nSPS) is 16.0. The van der Waals surface area contributed by atoms with Crippen LogP contribution in [-0.2, 0) is 4.79 Å². The molecule has 0 saturated carbocycles. The minimum atomic E-state index is -0.0676. The Bertz CT molecular complexity index is 642. The zero-order chi connectivity index (χ0) is 17.9. The van der Waals surface area contributed by atoms with Crippen molar-refractivity contribution in [2.45, 2.75) is 12.5 Å². The summed E-state index contributed by atoms with van der Waals surface area (Å²) in [6.45, 7) is 4.61. The number of ether oxygens (including phenoxy) is 1. The van der Waals surface area contributed by atoms with Crippen molar-refractivity contribution in [3.05, 3.63) is 36.4 Å². The summed E-state index contributed by atoms with van der Waals surface area (Å²) >= 11 is 0. The third-order valence-electron chi connectivity index (χ3n) is 4.21. The van der Waals surface area contributed by atoms with Crippen molar-refractivity contribution in [2.24, 2.45) is 0 Å². The molecule has 1 aliphatic rings. The van der Waals surface area contributed by atoms with Crippen molar-refractivity contribution in [2.75, 3.05) is 46.2 Å². The minimum Gasteiger partial charge on any atom is -0.489 e. The van der Waals surface area contributed by atoms with Crippen LogP contribution in [0.25, 0.3) is 0 Å². The molecule has 1 aromatic carbocycles. The van der Waals surface area contributed by atoms with Gasteiger partial charge < -0.3 is 19.4 Å². The van der Waals surface area contributed by atoms with Crippen LogP contribution in [0.2, 0.25) is 0 Å². The molecule has 0 bridgehead atoms. The fourth-order valence-corrected chi connectivity index (χ4v) is 2.65. The Morgan fingerprint density at radius 2 is 2.08 bits per heavy atom. The number of hydrogen-bond donors (Lipinski definition) is 0. The maximum absolute atomic E-state index is 12.3. The van der Waals surface area contributed by atoms with Crippen LogP contribution < -0.4 is 9.64 Å². The second-order valence-electron chi connectivity index (χ2n) is 6.22. The van der Waals surface area contributed by atoms with Gasteiger partial charge in [0.1, 0.15) is 12.4 Å². The van der Waals surface area contributed by atoms with Crippen molar-refractivity contribution >= 4 is 17.5 Å². The summed E-state index contributed by atoms with van der Waals surface area (Å²) < 4.78 is 5.78. The monoisotopic (exact) mass is 331 g/mol. The molecular weight excluding hydrogens is 306 g/mol. The number of benzene rings is 1. The van der Waals surface area contributed by atoms with Crippen LogP contribution >= 0.6 is 0 Å². The smallest absolute Gasteiger partial charge is 0.253 e. The Hall–Kier alpha value is -2.50. The van der Waals surface area contributed by atoms with Crippen LogP contribution in [0.4, 0.5) is 5.69 Å². The van der Waals surface area contributed by atoms with Crippen molar-refractivity contribution in [1.82, 2.24) is 9.80 Å². The van der Waals surface area contributed by atoms with Crippen LogP contribution in [0, 0.1) is 0 Å². The van der Waals surface area contributed by atoms with E-state index in [2.05, 4.69) is 6.58 Å².